The average molecular weight is 320 g/mol. The maximum absolute atomic E-state index is 12.1. The summed E-state index contributed by atoms with van der Waals surface area (Å²) >= 11 is 1.63. The predicted octanol–water partition coefficient (Wildman–Crippen LogP) is 1.58. The van der Waals surface area contributed by atoms with Crippen LogP contribution >= 0.6 is 11.3 Å². The Balaban J connectivity index is 1.96. The minimum atomic E-state index is -0.287. The first-order valence-electron chi connectivity index (χ1n) is 7.27. The van der Waals surface area contributed by atoms with Crippen LogP contribution in [-0.4, -0.2) is 29.1 Å². The van der Waals surface area contributed by atoms with Gasteiger partial charge in [-0.05, 0) is 30.4 Å². The Labute approximate surface area is 133 Å². The van der Waals surface area contributed by atoms with Crippen molar-refractivity contribution < 1.29 is 9.90 Å². The largest absolute Gasteiger partial charge is 0.396 e. The molecule has 1 atom stereocenters. The SMILES string of the molecule is CCc1cc(C(=O)NCC(CO)Cc2cccs2)cc(=O)[nH]1. The standard InChI is InChI=1S/C16H20N2O3S/c1-2-13-7-12(8-15(20)18-13)16(21)17-9-11(10-19)6-14-4-3-5-22-14/h3-5,7-8,11,19H,2,6,9-10H2,1H3,(H,17,21)(H,18,20). The Bertz CT molecular complexity index is 664. The van der Waals surface area contributed by atoms with Crippen LogP contribution in [0.2, 0.25) is 0 Å². The van der Waals surface area contributed by atoms with Gasteiger partial charge in [-0.25, -0.2) is 0 Å². The Kier molecular flexibility index (Phi) is 5.91. The van der Waals surface area contributed by atoms with Crippen LogP contribution in [-0.2, 0) is 12.8 Å². The zero-order chi connectivity index (χ0) is 15.9. The third-order valence-electron chi connectivity index (χ3n) is 3.42. The summed E-state index contributed by atoms with van der Waals surface area (Å²) in [5, 5.41) is 14.2. The molecule has 0 aliphatic carbocycles. The maximum Gasteiger partial charge on any atom is 0.251 e. The molecular formula is C16H20N2O3S. The molecule has 0 bridgehead atoms. The maximum atomic E-state index is 12.1. The molecular weight excluding hydrogens is 300 g/mol. The van der Waals surface area contributed by atoms with Gasteiger partial charge >= 0.3 is 0 Å². The first-order valence-corrected chi connectivity index (χ1v) is 8.15. The van der Waals surface area contributed by atoms with Gasteiger partial charge in [0.25, 0.3) is 5.91 Å². The zero-order valence-electron chi connectivity index (χ0n) is 12.5. The van der Waals surface area contributed by atoms with Crippen LogP contribution in [0.5, 0.6) is 0 Å². The van der Waals surface area contributed by atoms with Crippen molar-refractivity contribution in [3.05, 3.63) is 56.1 Å². The Morgan fingerprint density at radius 3 is 2.91 bits per heavy atom. The molecule has 2 heterocycles. The normalized spacial score (nSPS) is 12.1. The molecule has 0 aliphatic heterocycles. The number of carbonyl (C=O) groups excluding carboxylic acids is 1. The third-order valence-corrected chi connectivity index (χ3v) is 4.32. The van der Waals surface area contributed by atoms with Gasteiger partial charge in [0.2, 0.25) is 5.56 Å². The smallest absolute Gasteiger partial charge is 0.251 e. The number of carbonyl (C=O) groups is 1. The number of H-pyrrole nitrogens is 1. The summed E-state index contributed by atoms with van der Waals surface area (Å²) in [6, 6.07) is 6.96. The number of aromatic nitrogens is 1. The fraction of sp³-hybridized carbons (Fsp3) is 0.375. The van der Waals surface area contributed by atoms with Crippen LogP contribution in [0.25, 0.3) is 0 Å². The molecule has 0 aliphatic rings. The first kappa shape index (κ1) is 16.5. The van der Waals surface area contributed by atoms with E-state index in [-0.39, 0.29) is 24.0 Å². The topological polar surface area (TPSA) is 82.2 Å². The number of amides is 1. The molecule has 0 saturated carbocycles. The lowest BCUT2D eigenvalue weighted by molar-refractivity contribution is 0.0939. The van der Waals surface area contributed by atoms with Gasteiger partial charge in [0.05, 0.1) is 0 Å². The highest BCUT2D eigenvalue weighted by atomic mass is 32.1. The van der Waals surface area contributed by atoms with Gasteiger partial charge in [-0.1, -0.05) is 13.0 Å². The second-order valence-corrected chi connectivity index (χ2v) is 6.19. The lowest BCUT2D eigenvalue weighted by Crippen LogP contribution is -2.32. The first-order chi connectivity index (χ1) is 10.6. The summed E-state index contributed by atoms with van der Waals surface area (Å²) in [6.45, 7) is 2.30. The van der Waals surface area contributed by atoms with Gasteiger partial charge < -0.3 is 15.4 Å². The molecule has 0 fully saturated rings. The Morgan fingerprint density at radius 1 is 1.45 bits per heavy atom. The summed E-state index contributed by atoms with van der Waals surface area (Å²) in [7, 11) is 0. The average Bonchev–Trinajstić information content (AvgIpc) is 3.03. The number of aryl methyl sites for hydroxylation is 1. The molecule has 1 unspecified atom stereocenters. The minimum absolute atomic E-state index is 0.00770. The number of hydrogen-bond donors (Lipinski definition) is 3. The molecule has 3 N–H and O–H groups in total. The number of thiophene rings is 1. The van der Waals surface area contributed by atoms with Gasteiger partial charge in [0, 0.05) is 41.3 Å². The van der Waals surface area contributed by atoms with Crippen molar-refractivity contribution in [2.24, 2.45) is 5.92 Å². The lowest BCUT2D eigenvalue weighted by atomic mass is 10.1. The summed E-state index contributed by atoms with van der Waals surface area (Å²) in [5.74, 6) is -0.319. The number of aliphatic hydroxyl groups excluding tert-OH is 1. The van der Waals surface area contributed by atoms with E-state index >= 15 is 0 Å². The zero-order valence-corrected chi connectivity index (χ0v) is 13.3. The summed E-state index contributed by atoms with van der Waals surface area (Å²) in [5.41, 5.74) is 0.810. The van der Waals surface area contributed by atoms with Crippen LogP contribution in [0.3, 0.4) is 0 Å². The summed E-state index contributed by atoms with van der Waals surface area (Å²) < 4.78 is 0. The van der Waals surface area contributed by atoms with Crippen molar-refractivity contribution in [1.82, 2.24) is 10.3 Å². The molecule has 2 rings (SSSR count). The molecule has 22 heavy (non-hydrogen) atoms. The van der Waals surface area contributed by atoms with E-state index in [9.17, 15) is 14.7 Å². The number of pyridine rings is 1. The predicted molar refractivity (Wildman–Crippen MR) is 87.4 cm³/mol. The van der Waals surface area contributed by atoms with E-state index in [4.69, 9.17) is 0 Å². The highest BCUT2D eigenvalue weighted by Crippen LogP contribution is 2.14. The number of nitrogens with one attached hydrogen (secondary N) is 2. The van der Waals surface area contributed by atoms with E-state index in [1.165, 1.54) is 10.9 Å². The highest BCUT2D eigenvalue weighted by molar-refractivity contribution is 7.09. The van der Waals surface area contributed by atoms with Crippen molar-refractivity contribution in [2.45, 2.75) is 19.8 Å². The summed E-state index contributed by atoms with van der Waals surface area (Å²) in [6.07, 6.45) is 1.39. The van der Waals surface area contributed by atoms with Gasteiger partial charge in [-0.3, -0.25) is 9.59 Å². The highest BCUT2D eigenvalue weighted by Gasteiger charge is 2.13. The van der Waals surface area contributed by atoms with Crippen LogP contribution in [0.1, 0.15) is 27.9 Å². The van der Waals surface area contributed by atoms with E-state index < -0.39 is 0 Å². The minimum Gasteiger partial charge on any atom is -0.396 e. The molecule has 0 radical (unpaired) electrons. The molecule has 118 valence electrons. The quantitative estimate of drug-likeness (QED) is 0.724. The molecule has 0 saturated heterocycles. The van der Waals surface area contributed by atoms with Crippen molar-refractivity contribution >= 4 is 17.2 Å². The van der Waals surface area contributed by atoms with Crippen molar-refractivity contribution in [3.63, 3.8) is 0 Å². The number of hydrogen-bond acceptors (Lipinski definition) is 4. The molecule has 5 nitrogen and oxygen atoms in total. The third kappa shape index (κ3) is 4.54. The molecule has 0 spiro atoms. The van der Waals surface area contributed by atoms with Crippen molar-refractivity contribution in [3.8, 4) is 0 Å². The number of rotatable bonds is 7. The summed E-state index contributed by atoms with van der Waals surface area (Å²) in [4.78, 5) is 27.5. The lowest BCUT2D eigenvalue weighted by Gasteiger charge is -2.14. The van der Waals surface area contributed by atoms with Crippen LogP contribution in [0.15, 0.2) is 34.4 Å². The monoisotopic (exact) mass is 320 g/mol. The Morgan fingerprint density at radius 2 is 2.27 bits per heavy atom. The van der Waals surface area contributed by atoms with Crippen LogP contribution in [0, 0.1) is 5.92 Å². The molecule has 1 amide bonds. The molecule has 2 aromatic heterocycles. The second kappa shape index (κ2) is 7.91. The van der Waals surface area contributed by atoms with Crippen LogP contribution in [0.4, 0.5) is 0 Å². The molecule has 6 heteroatoms. The van der Waals surface area contributed by atoms with Crippen molar-refractivity contribution in [1.29, 1.82) is 0 Å². The second-order valence-electron chi connectivity index (χ2n) is 5.15. The van der Waals surface area contributed by atoms with Crippen molar-refractivity contribution in [2.75, 3.05) is 13.2 Å². The van der Waals surface area contributed by atoms with Crippen LogP contribution < -0.4 is 10.9 Å². The van der Waals surface area contributed by atoms with Gasteiger partial charge in [-0.2, -0.15) is 0 Å². The fourth-order valence-corrected chi connectivity index (χ4v) is 3.00. The fourth-order valence-electron chi connectivity index (χ4n) is 2.18. The van der Waals surface area contributed by atoms with Gasteiger partial charge in [0.1, 0.15) is 0 Å². The van der Waals surface area contributed by atoms with E-state index in [1.807, 2.05) is 24.4 Å². The Hall–Kier alpha value is -1.92. The number of aromatic amines is 1. The van der Waals surface area contributed by atoms with E-state index in [0.29, 0.717) is 18.5 Å². The number of aliphatic hydroxyl groups is 1. The van der Waals surface area contributed by atoms with Gasteiger partial charge in [0.15, 0.2) is 0 Å². The van der Waals surface area contributed by atoms with E-state index in [1.54, 1.807) is 17.4 Å². The molecule has 2 aromatic rings. The van der Waals surface area contributed by atoms with E-state index in [2.05, 4.69) is 10.3 Å². The van der Waals surface area contributed by atoms with Gasteiger partial charge in [-0.15, -0.1) is 11.3 Å². The molecule has 0 aromatic carbocycles. The van der Waals surface area contributed by atoms with E-state index in [0.717, 1.165) is 12.1 Å².